The molecule has 0 amide bonds. The second-order valence-electron chi connectivity index (χ2n) is 4.01. The summed E-state index contributed by atoms with van der Waals surface area (Å²) in [6.07, 6.45) is -2.78. The average molecular weight is 247 g/mol. The van der Waals surface area contributed by atoms with Crippen LogP contribution in [0.25, 0.3) is 0 Å². The molecule has 1 N–H and O–H groups in total. The molecule has 96 valence electrons. The van der Waals surface area contributed by atoms with E-state index in [1.165, 1.54) is 29.2 Å². The van der Waals surface area contributed by atoms with E-state index in [0.717, 1.165) is 0 Å². The Hall–Kier alpha value is -1.07. The van der Waals surface area contributed by atoms with Crippen LogP contribution in [0.15, 0.2) is 24.3 Å². The Kier molecular flexibility index (Phi) is 5.44. The zero-order chi connectivity index (χ0) is 12.8. The molecular weight excluding hydrogens is 231 g/mol. The van der Waals surface area contributed by atoms with E-state index in [-0.39, 0.29) is 12.4 Å². The lowest BCUT2D eigenvalue weighted by Crippen LogP contribution is -2.26. The van der Waals surface area contributed by atoms with Gasteiger partial charge in [-0.15, -0.1) is 0 Å². The maximum Gasteiger partial charge on any atom is 0.251 e. The molecule has 1 aromatic rings. The summed E-state index contributed by atoms with van der Waals surface area (Å²) in [4.78, 5) is 1.46. The van der Waals surface area contributed by atoms with Gasteiger partial charge in [0.05, 0.1) is 12.6 Å². The van der Waals surface area contributed by atoms with Crippen LogP contribution in [-0.2, 0) is 0 Å². The van der Waals surface area contributed by atoms with Crippen LogP contribution in [0.1, 0.15) is 18.1 Å². The molecule has 0 aliphatic rings. The van der Waals surface area contributed by atoms with Crippen LogP contribution in [0, 0.1) is 5.82 Å². The van der Waals surface area contributed by atoms with Crippen molar-refractivity contribution >= 4 is 0 Å². The van der Waals surface area contributed by atoms with Crippen LogP contribution in [0.5, 0.6) is 0 Å². The Morgan fingerprint density at radius 1 is 1.24 bits per heavy atom. The molecular formula is C12H16F3NO. The first-order chi connectivity index (χ1) is 7.99. The summed E-state index contributed by atoms with van der Waals surface area (Å²) in [7, 11) is 1.57. The van der Waals surface area contributed by atoms with Crippen LogP contribution in [0.4, 0.5) is 13.2 Å². The smallest absolute Gasteiger partial charge is 0.251 e. The highest BCUT2D eigenvalue weighted by Crippen LogP contribution is 2.17. The first-order valence-electron chi connectivity index (χ1n) is 5.39. The number of alkyl halides is 2. The first-order valence-corrected chi connectivity index (χ1v) is 5.39. The molecule has 1 unspecified atom stereocenters. The van der Waals surface area contributed by atoms with Gasteiger partial charge < -0.3 is 10.0 Å². The Balaban J connectivity index is 2.39. The van der Waals surface area contributed by atoms with Crippen molar-refractivity contribution in [3.05, 3.63) is 35.6 Å². The van der Waals surface area contributed by atoms with E-state index in [0.29, 0.717) is 18.5 Å². The van der Waals surface area contributed by atoms with E-state index >= 15 is 0 Å². The fourth-order valence-corrected chi connectivity index (χ4v) is 1.52. The Morgan fingerprint density at radius 2 is 1.82 bits per heavy atom. The molecule has 1 rings (SSSR count). The quantitative estimate of drug-likeness (QED) is 0.834. The molecule has 0 saturated carbocycles. The molecule has 0 heterocycles. The van der Waals surface area contributed by atoms with Gasteiger partial charge in [0.25, 0.3) is 6.43 Å². The third-order valence-corrected chi connectivity index (χ3v) is 2.49. The van der Waals surface area contributed by atoms with Crippen molar-refractivity contribution in [2.75, 3.05) is 20.1 Å². The van der Waals surface area contributed by atoms with Gasteiger partial charge in [-0.05, 0) is 31.2 Å². The molecule has 0 aliphatic heterocycles. The molecule has 1 aromatic carbocycles. The van der Waals surface area contributed by atoms with Crippen molar-refractivity contribution in [3.8, 4) is 0 Å². The predicted molar refractivity (Wildman–Crippen MR) is 59.5 cm³/mol. The van der Waals surface area contributed by atoms with Crippen molar-refractivity contribution in [1.82, 2.24) is 4.90 Å². The summed E-state index contributed by atoms with van der Waals surface area (Å²) in [5, 5.41) is 9.76. The second kappa shape index (κ2) is 6.61. The summed E-state index contributed by atoms with van der Waals surface area (Å²) in [6.45, 7) is 0.0546. The number of nitrogens with zero attached hydrogens (tertiary/aromatic N) is 1. The number of hydrogen-bond donors (Lipinski definition) is 1. The first kappa shape index (κ1) is 14.0. The molecule has 17 heavy (non-hydrogen) atoms. The van der Waals surface area contributed by atoms with E-state index in [1.807, 2.05) is 0 Å². The van der Waals surface area contributed by atoms with Crippen molar-refractivity contribution in [2.24, 2.45) is 0 Å². The van der Waals surface area contributed by atoms with Gasteiger partial charge in [-0.2, -0.15) is 0 Å². The van der Waals surface area contributed by atoms with Gasteiger partial charge in [0.2, 0.25) is 0 Å². The summed E-state index contributed by atoms with van der Waals surface area (Å²) in [5.74, 6) is -0.365. The monoisotopic (exact) mass is 247 g/mol. The second-order valence-corrected chi connectivity index (χ2v) is 4.01. The molecule has 0 aliphatic carbocycles. The summed E-state index contributed by atoms with van der Waals surface area (Å²) in [6, 6.07) is 5.52. The molecule has 0 fully saturated rings. The highest BCUT2D eigenvalue weighted by atomic mass is 19.3. The lowest BCUT2D eigenvalue weighted by Gasteiger charge is -2.18. The number of hydrogen-bond acceptors (Lipinski definition) is 2. The fraction of sp³-hybridized carbons (Fsp3) is 0.500. The van der Waals surface area contributed by atoms with E-state index in [9.17, 15) is 18.3 Å². The lowest BCUT2D eigenvalue weighted by molar-refractivity contribution is 0.0874. The lowest BCUT2D eigenvalue weighted by atomic mass is 10.1. The fourth-order valence-electron chi connectivity index (χ4n) is 1.52. The molecule has 0 aromatic heterocycles. The highest BCUT2D eigenvalue weighted by Gasteiger charge is 2.11. The standard InChI is InChI=1S/C12H16F3NO/c1-16(8-12(14)15)7-6-11(17)9-2-4-10(13)5-3-9/h2-5,11-12,17H,6-8H2,1H3. The van der Waals surface area contributed by atoms with Crippen molar-refractivity contribution in [2.45, 2.75) is 19.0 Å². The average Bonchev–Trinajstić information content (AvgIpc) is 2.26. The van der Waals surface area contributed by atoms with Gasteiger partial charge in [-0.25, -0.2) is 13.2 Å². The Morgan fingerprint density at radius 3 is 2.35 bits per heavy atom. The summed E-state index contributed by atoms with van der Waals surface area (Å²) in [5.41, 5.74) is 0.594. The maximum atomic E-state index is 12.6. The molecule has 0 spiro atoms. The van der Waals surface area contributed by atoms with Gasteiger partial charge in [0.1, 0.15) is 5.82 Å². The molecule has 0 bridgehead atoms. The third kappa shape index (κ3) is 5.19. The van der Waals surface area contributed by atoms with Crippen molar-refractivity contribution < 1.29 is 18.3 Å². The van der Waals surface area contributed by atoms with Crippen LogP contribution in [-0.4, -0.2) is 36.6 Å². The molecule has 2 nitrogen and oxygen atoms in total. The largest absolute Gasteiger partial charge is 0.388 e. The molecule has 0 saturated heterocycles. The summed E-state index contributed by atoms with van der Waals surface area (Å²) < 4.78 is 36.7. The van der Waals surface area contributed by atoms with E-state index in [1.54, 1.807) is 7.05 Å². The Bertz CT molecular complexity index is 329. The third-order valence-electron chi connectivity index (χ3n) is 2.49. The normalized spacial score (nSPS) is 13.4. The van der Waals surface area contributed by atoms with Gasteiger partial charge in [-0.1, -0.05) is 12.1 Å². The van der Waals surface area contributed by atoms with E-state index in [2.05, 4.69) is 0 Å². The SMILES string of the molecule is CN(CCC(O)c1ccc(F)cc1)CC(F)F. The maximum absolute atomic E-state index is 12.6. The van der Waals surface area contributed by atoms with E-state index < -0.39 is 12.5 Å². The van der Waals surface area contributed by atoms with Gasteiger partial charge in [-0.3, -0.25) is 0 Å². The number of rotatable bonds is 6. The molecule has 1 atom stereocenters. The van der Waals surface area contributed by atoms with Crippen molar-refractivity contribution in [3.63, 3.8) is 0 Å². The minimum Gasteiger partial charge on any atom is -0.388 e. The molecule has 0 radical (unpaired) electrons. The van der Waals surface area contributed by atoms with Crippen molar-refractivity contribution in [1.29, 1.82) is 0 Å². The predicted octanol–water partition coefficient (Wildman–Crippen LogP) is 2.45. The van der Waals surface area contributed by atoms with Crippen LogP contribution < -0.4 is 0 Å². The van der Waals surface area contributed by atoms with E-state index in [4.69, 9.17) is 0 Å². The number of aliphatic hydroxyl groups is 1. The topological polar surface area (TPSA) is 23.5 Å². The summed E-state index contributed by atoms with van der Waals surface area (Å²) >= 11 is 0. The van der Waals surface area contributed by atoms with Crippen LogP contribution >= 0.6 is 0 Å². The van der Waals surface area contributed by atoms with Crippen LogP contribution in [0.2, 0.25) is 0 Å². The van der Waals surface area contributed by atoms with Gasteiger partial charge in [0, 0.05) is 6.54 Å². The zero-order valence-electron chi connectivity index (χ0n) is 9.61. The minimum absolute atomic E-state index is 0.309. The zero-order valence-corrected chi connectivity index (χ0v) is 9.61. The highest BCUT2D eigenvalue weighted by molar-refractivity contribution is 5.18. The van der Waals surface area contributed by atoms with Gasteiger partial charge >= 0.3 is 0 Å². The number of aliphatic hydroxyl groups excluding tert-OH is 1. The number of benzene rings is 1. The van der Waals surface area contributed by atoms with Crippen LogP contribution in [0.3, 0.4) is 0 Å². The minimum atomic E-state index is -2.37. The number of halogens is 3. The molecule has 5 heteroatoms. The Labute approximate surface area is 98.7 Å². The van der Waals surface area contributed by atoms with Gasteiger partial charge in [0.15, 0.2) is 0 Å².